The van der Waals surface area contributed by atoms with Crippen molar-refractivity contribution in [1.29, 1.82) is 0 Å². The average molecular weight is 398 g/mol. The summed E-state index contributed by atoms with van der Waals surface area (Å²) in [5.74, 6) is 3.61. The molecule has 1 saturated carbocycles. The van der Waals surface area contributed by atoms with Gasteiger partial charge in [-0.25, -0.2) is 14.6 Å². The normalized spacial score (nSPS) is 22.8. The Kier molecular flexibility index (Phi) is 5.20. The summed E-state index contributed by atoms with van der Waals surface area (Å²) in [6.07, 6.45) is 11.0. The van der Waals surface area contributed by atoms with Crippen LogP contribution >= 0.6 is 11.8 Å². The summed E-state index contributed by atoms with van der Waals surface area (Å²) in [5, 5.41) is 4.70. The zero-order valence-corrected chi connectivity index (χ0v) is 17.0. The van der Waals surface area contributed by atoms with Gasteiger partial charge in [-0.05, 0) is 43.5 Å². The van der Waals surface area contributed by atoms with E-state index in [0.717, 1.165) is 60.1 Å². The van der Waals surface area contributed by atoms with Gasteiger partial charge in [-0.3, -0.25) is 9.69 Å². The third kappa shape index (κ3) is 3.74. The molecule has 0 amide bonds. The van der Waals surface area contributed by atoms with E-state index in [9.17, 15) is 4.79 Å². The van der Waals surface area contributed by atoms with Crippen LogP contribution in [0.25, 0.3) is 0 Å². The summed E-state index contributed by atoms with van der Waals surface area (Å²) in [6, 6.07) is 2.16. The molecular weight excluding hydrogens is 370 g/mol. The molecule has 148 valence electrons. The first kappa shape index (κ1) is 18.3. The van der Waals surface area contributed by atoms with E-state index in [1.807, 2.05) is 24.2 Å². The van der Waals surface area contributed by atoms with E-state index < -0.39 is 0 Å². The van der Waals surface area contributed by atoms with E-state index in [2.05, 4.69) is 14.9 Å². The van der Waals surface area contributed by atoms with Crippen LogP contribution in [0.5, 0.6) is 0 Å². The predicted octanol–water partition coefficient (Wildman–Crippen LogP) is 2.75. The Balaban J connectivity index is 1.27. The van der Waals surface area contributed by atoms with Crippen molar-refractivity contribution in [2.45, 2.75) is 69.3 Å². The van der Waals surface area contributed by atoms with Crippen LogP contribution in [-0.2, 0) is 25.3 Å². The SMILES string of the molecule is O=c1cc2c(nn1CC1CCCN1Cc1cnc(C3CCC3)nc1)CCSC2. The van der Waals surface area contributed by atoms with E-state index in [1.54, 1.807) is 10.7 Å². The van der Waals surface area contributed by atoms with Crippen LogP contribution in [-0.4, -0.2) is 43.0 Å². The maximum atomic E-state index is 12.5. The fourth-order valence-corrected chi connectivity index (χ4v) is 5.40. The highest BCUT2D eigenvalue weighted by Crippen LogP contribution is 2.34. The lowest BCUT2D eigenvalue weighted by Crippen LogP contribution is -2.37. The quantitative estimate of drug-likeness (QED) is 0.773. The van der Waals surface area contributed by atoms with Gasteiger partial charge in [0.1, 0.15) is 5.82 Å². The summed E-state index contributed by atoms with van der Waals surface area (Å²) in [6.45, 7) is 2.59. The van der Waals surface area contributed by atoms with Crippen molar-refractivity contribution >= 4 is 11.8 Å². The molecule has 0 spiro atoms. The van der Waals surface area contributed by atoms with Crippen LogP contribution in [0.3, 0.4) is 0 Å². The van der Waals surface area contributed by atoms with Gasteiger partial charge in [0.05, 0.1) is 12.2 Å². The Morgan fingerprint density at radius 1 is 1.14 bits per heavy atom. The molecule has 7 heteroatoms. The molecule has 6 nitrogen and oxygen atoms in total. The third-order valence-electron chi connectivity index (χ3n) is 6.37. The van der Waals surface area contributed by atoms with Crippen molar-refractivity contribution in [2.24, 2.45) is 0 Å². The zero-order chi connectivity index (χ0) is 18.9. The number of rotatable bonds is 5. The second-order valence-electron chi connectivity index (χ2n) is 8.28. The maximum absolute atomic E-state index is 12.5. The summed E-state index contributed by atoms with van der Waals surface area (Å²) in [7, 11) is 0. The van der Waals surface area contributed by atoms with Crippen LogP contribution in [0.15, 0.2) is 23.3 Å². The number of aromatic nitrogens is 4. The summed E-state index contributed by atoms with van der Waals surface area (Å²) in [5.41, 5.74) is 3.45. The Hall–Kier alpha value is -1.73. The van der Waals surface area contributed by atoms with E-state index >= 15 is 0 Å². The van der Waals surface area contributed by atoms with Crippen molar-refractivity contribution in [3.05, 3.63) is 51.5 Å². The Morgan fingerprint density at radius 3 is 2.79 bits per heavy atom. The lowest BCUT2D eigenvalue weighted by Gasteiger charge is -2.26. The first-order chi connectivity index (χ1) is 13.8. The van der Waals surface area contributed by atoms with Gasteiger partial charge in [0.15, 0.2) is 0 Å². The van der Waals surface area contributed by atoms with Crippen molar-refractivity contribution in [3.8, 4) is 0 Å². The number of aryl methyl sites for hydroxylation is 1. The minimum atomic E-state index is 0.0429. The summed E-state index contributed by atoms with van der Waals surface area (Å²) < 4.78 is 1.70. The van der Waals surface area contributed by atoms with Gasteiger partial charge in [0.2, 0.25) is 0 Å². The summed E-state index contributed by atoms with van der Waals surface area (Å²) in [4.78, 5) is 24.2. The van der Waals surface area contributed by atoms with E-state index in [-0.39, 0.29) is 5.56 Å². The average Bonchev–Trinajstić information content (AvgIpc) is 3.09. The van der Waals surface area contributed by atoms with Crippen LogP contribution in [0.1, 0.15) is 60.7 Å². The molecule has 28 heavy (non-hydrogen) atoms. The highest BCUT2D eigenvalue weighted by atomic mass is 32.2. The molecule has 1 aliphatic carbocycles. The molecule has 0 radical (unpaired) electrons. The number of nitrogens with zero attached hydrogens (tertiary/aromatic N) is 5. The van der Waals surface area contributed by atoms with Crippen LogP contribution in [0.4, 0.5) is 0 Å². The molecule has 5 rings (SSSR count). The molecular formula is C21H27N5OS. The molecule has 2 aromatic rings. The number of likely N-dealkylation sites (tertiary alicyclic amines) is 1. The molecule has 0 N–H and O–H groups in total. The minimum absolute atomic E-state index is 0.0429. The second kappa shape index (κ2) is 7.95. The van der Waals surface area contributed by atoms with Crippen molar-refractivity contribution < 1.29 is 0 Å². The minimum Gasteiger partial charge on any atom is -0.294 e. The molecule has 1 unspecified atom stereocenters. The number of thioether (sulfide) groups is 1. The fraction of sp³-hybridized carbons (Fsp3) is 0.619. The Bertz CT molecular complexity index is 893. The molecule has 0 aromatic carbocycles. The molecule has 4 heterocycles. The molecule has 2 aromatic heterocycles. The smallest absolute Gasteiger partial charge is 0.267 e. The number of hydrogen-bond donors (Lipinski definition) is 0. The lowest BCUT2D eigenvalue weighted by molar-refractivity contribution is 0.215. The van der Waals surface area contributed by atoms with Gasteiger partial charge in [0.25, 0.3) is 5.56 Å². The lowest BCUT2D eigenvalue weighted by atomic mass is 9.85. The molecule has 2 aliphatic heterocycles. The molecule has 1 saturated heterocycles. The standard InChI is InChI=1S/C21H27N5OS/c27-20-9-17-14-28-8-6-19(17)24-26(20)13-18-5-2-7-25(18)12-15-10-22-21(23-11-15)16-3-1-4-16/h9-11,16,18H,1-8,12-14H2. The highest BCUT2D eigenvalue weighted by Gasteiger charge is 2.27. The Morgan fingerprint density at radius 2 is 2.00 bits per heavy atom. The maximum Gasteiger partial charge on any atom is 0.267 e. The van der Waals surface area contributed by atoms with Gasteiger partial charge in [-0.2, -0.15) is 16.9 Å². The third-order valence-corrected chi connectivity index (χ3v) is 7.38. The summed E-state index contributed by atoms with van der Waals surface area (Å²) >= 11 is 1.89. The molecule has 1 atom stereocenters. The van der Waals surface area contributed by atoms with E-state index in [0.29, 0.717) is 18.5 Å². The van der Waals surface area contributed by atoms with Gasteiger partial charge in [-0.15, -0.1) is 0 Å². The molecule has 2 fully saturated rings. The number of fused-ring (bicyclic) bond motifs is 1. The van der Waals surface area contributed by atoms with Crippen molar-refractivity contribution in [3.63, 3.8) is 0 Å². The van der Waals surface area contributed by atoms with Gasteiger partial charge in [-0.1, -0.05) is 6.42 Å². The zero-order valence-electron chi connectivity index (χ0n) is 16.2. The fourth-order valence-electron chi connectivity index (χ4n) is 4.45. The topological polar surface area (TPSA) is 63.9 Å². The van der Waals surface area contributed by atoms with E-state index in [4.69, 9.17) is 5.10 Å². The van der Waals surface area contributed by atoms with Gasteiger partial charge in [0, 0.05) is 54.7 Å². The predicted molar refractivity (Wildman–Crippen MR) is 110 cm³/mol. The first-order valence-electron chi connectivity index (χ1n) is 10.5. The molecule has 3 aliphatic rings. The van der Waals surface area contributed by atoms with Crippen molar-refractivity contribution in [2.75, 3.05) is 12.3 Å². The van der Waals surface area contributed by atoms with Gasteiger partial charge < -0.3 is 0 Å². The highest BCUT2D eigenvalue weighted by molar-refractivity contribution is 7.98. The van der Waals surface area contributed by atoms with Gasteiger partial charge >= 0.3 is 0 Å². The van der Waals surface area contributed by atoms with Crippen LogP contribution < -0.4 is 5.56 Å². The Labute approximate surface area is 169 Å². The number of hydrogen-bond acceptors (Lipinski definition) is 6. The second-order valence-corrected chi connectivity index (χ2v) is 9.39. The molecule has 0 bridgehead atoms. The first-order valence-corrected chi connectivity index (χ1v) is 11.6. The van der Waals surface area contributed by atoms with E-state index in [1.165, 1.54) is 25.7 Å². The van der Waals surface area contributed by atoms with Crippen molar-refractivity contribution in [1.82, 2.24) is 24.6 Å². The monoisotopic (exact) mass is 397 g/mol. The largest absolute Gasteiger partial charge is 0.294 e. The van der Waals surface area contributed by atoms with Crippen LogP contribution in [0, 0.1) is 0 Å². The van der Waals surface area contributed by atoms with Crippen LogP contribution in [0.2, 0.25) is 0 Å².